The van der Waals surface area contributed by atoms with Crippen LogP contribution < -0.4 is 10.6 Å². The van der Waals surface area contributed by atoms with Crippen LogP contribution in [-0.4, -0.2) is 40.3 Å². The Morgan fingerprint density at radius 1 is 1.59 bits per heavy atom. The summed E-state index contributed by atoms with van der Waals surface area (Å²) in [5.41, 5.74) is 6.19. The molecule has 1 rings (SSSR count). The molecule has 4 N–H and O–H groups in total. The van der Waals surface area contributed by atoms with Crippen molar-refractivity contribution in [1.82, 2.24) is 4.98 Å². The molecule has 0 saturated carbocycles. The Hall–Kier alpha value is -1.82. The van der Waals surface area contributed by atoms with Gasteiger partial charge in [0, 0.05) is 13.2 Å². The molecule has 0 saturated heterocycles. The molecule has 6 heteroatoms. The number of amidine groups is 1. The minimum atomic E-state index is -0.465. The Bertz CT molecular complexity index is 418. The summed E-state index contributed by atoms with van der Waals surface area (Å²) < 4.78 is 0. The van der Waals surface area contributed by atoms with E-state index in [2.05, 4.69) is 10.1 Å². The third-order valence-corrected chi connectivity index (χ3v) is 2.79. The second kappa shape index (κ2) is 5.01. The van der Waals surface area contributed by atoms with Crippen molar-refractivity contribution >= 4 is 11.5 Å². The molecule has 0 atom stereocenters. The third kappa shape index (κ3) is 2.65. The molecular formula is C11H18N4O2. The first-order valence-electron chi connectivity index (χ1n) is 5.21. The highest BCUT2D eigenvalue weighted by atomic mass is 16.4. The highest BCUT2D eigenvalue weighted by Gasteiger charge is 2.25. The summed E-state index contributed by atoms with van der Waals surface area (Å²) in [5.74, 6) is -0.0545. The van der Waals surface area contributed by atoms with Crippen LogP contribution in [0.2, 0.25) is 0 Å². The first kappa shape index (κ1) is 13.2. The smallest absolute Gasteiger partial charge is 0.190 e. The van der Waals surface area contributed by atoms with Gasteiger partial charge in [-0.3, -0.25) is 4.98 Å². The summed E-state index contributed by atoms with van der Waals surface area (Å²) in [6, 6.07) is 3.56. The predicted octanol–water partition coefficient (Wildman–Crippen LogP) is 0.383. The fourth-order valence-electron chi connectivity index (χ4n) is 1.34. The topological polar surface area (TPSA) is 95.0 Å². The molecule has 0 aliphatic rings. The number of hydrogen-bond donors (Lipinski definition) is 3. The molecule has 1 aromatic rings. The van der Waals surface area contributed by atoms with E-state index in [4.69, 9.17) is 10.9 Å². The van der Waals surface area contributed by atoms with Crippen molar-refractivity contribution in [3.05, 3.63) is 24.0 Å². The molecular weight excluding hydrogens is 220 g/mol. The van der Waals surface area contributed by atoms with Gasteiger partial charge in [0.25, 0.3) is 0 Å². The van der Waals surface area contributed by atoms with Crippen molar-refractivity contribution < 1.29 is 10.3 Å². The van der Waals surface area contributed by atoms with Crippen molar-refractivity contribution in [3.8, 4) is 0 Å². The van der Waals surface area contributed by atoms with Crippen LogP contribution in [0.3, 0.4) is 0 Å². The maximum atomic E-state index is 9.34. The average Bonchev–Trinajstić information content (AvgIpc) is 2.36. The minimum absolute atomic E-state index is 0.0198. The lowest BCUT2D eigenvalue weighted by molar-refractivity contribution is 0.216. The van der Waals surface area contributed by atoms with E-state index in [1.54, 1.807) is 18.3 Å². The van der Waals surface area contributed by atoms with Crippen LogP contribution in [0, 0.1) is 0 Å². The number of hydrogen-bond acceptors (Lipinski definition) is 5. The minimum Gasteiger partial charge on any atom is -0.409 e. The standard InChI is InChI=1S/C11H18N4O2/c1-11(2,7-16)15(3)8-5-4-6-13-9(8)10(12)14-17/h4-6,16-17H,7H2,1-3H3,(H2,12,14). The number of aliphatic hydroxyl groups excluding tert-OH is 1. The Labute approximate surface area is 100 Å². The van der Waals surface area contributed by atoms with E-state index >= 15 is 0 Å². The van der Waals surface area contributed by atoms with E-state index in [-0.39, 0.29) is 12.4 Å². The molecule has 0 aliphatic heterocycles. The van der Waals surface area contributed by atoms with Gasteiger partial charge >= 0.3 is 0 Å². The van der Waals surface area contributed by atoms with E-state index in [1.165, 1.54) is 0 Å². The summed E-state index contributed by atoms with van der Waals surface area (Å²) in [6.45, 7) is 3.75. The molecule has 1 heterocycles. The lowest BCUT2D eigenvalue weighted by atomic mass is 10.0. The second-order valence-corrected chi connectivity index (χ2v) is 4.39. The molecule has 94 valence electrons. The number of likely N-dealkylation sites (N-methyl/N-ethyl adjacent to an activating group) is 1. The van der Waals surface area contributed by atoms with Crippen LogP contribution in [0.1, 0.15) is 19.5 Å². The van der Waals surface area contributed by atoms with Gasteiger partial charge in [0.15, 0.2) is 5.84 Å². The second-order valence-electron chi connectivity index (χ2n) is 4.39. The molecule has 6 nitrogen and oxygen atoms in total. The Morgan fingerprint density at radius 2 is 2.24 bits per heavy atom. The van der Waals surface area contributed by atoms with Crippen molar-refractivity contribution in [2.24, 2.45) is 10.9 Å². The van der Waals surface area contributed by atoms with Crippen LogP contribution in [0.25, 0.3) is 0 Å². The number of rotatable bonds is 4. The van der Waals surface area contributed by atoms with E-state index in [0.717, 1.165) is 0 Å². The van der Waals surface area contributed by atoms with Gasteiger partial charge in [-0.15, -0.1) is 0 Å². The lowest BCUT2D eigenvalue weighted by Crippen LogP contribution is -2.45. The SMILES string of the molecule is CN(c1cccnc1/C(N)=N/O)C(C)(C)CO. The Balaban J connectivity index is 3.23. The summed E-state index contributed by atoms with van der Waals surface area (Å²) in [7, 11) is 1.82. The molecule has 0 spiro atoms. The van der Waals surface area contributed by atoms with Crippen molar-refractivity contribution in [1.29, 1.82) is 0 Å². The van der Waals surface area contributed by atoms with Crippen LogP contribution in [-0.2, 0) is 0 Å². The fourth-order valence-corrected chi connectivity index (χ4v) is 1.34. The first-order valence-corrected chi connectivity index (χ1v) is 5.21. The van der Waals surface area contributed by atoms with Crippen molar-refractivity contribution in [2.45, 2.75) is 19.4 Å². The number of aliphatic hydroxyl groups is 1. The van der Waals surface area contributed by atoms with Crippen LogP contribution in [0.5, 0.6) is 0 Å². The van der Waals surface area contributed by atoms with Gasteiger partial charge in [-0.05, 0) is 26.0 Å². The van der Waals surface area contributed by atoms with Gasteiger partial charge in [-0.25, -0.2) is 0 Å². The molecule has 1 aromatic heterocycles. The van der Waals surface area contributed by atoms with Gasteiger partial charge in [0.2, 0.25) is 0 Å². The molecule has 0 amide bonds. The number of oxime groups is 1. The van der Waals surface area contributed by atoms with Crippen molar-refractivity contribution in [2.75, 3.05) is 18.6 Å². The highest BCUT2D eigenvalue weighted by molar-refractivity contribution is 6.00. The molecule has 0 radical (unpaired) electrons. The van der Waals surface area contributed by atoms with E-state index in [0.29, 0.717) is 11.4 Å². The fraction of sp³-hybridized carbons (Fsp3) is 0.455. The number of nitrogens with two attached hydrogens (primary N) is 1. The zero-order chi connectivity index (χ0) is 13.1. The maximum Gasteiger partial charge on any atom is 0.190 e. The van der Waals surface area contributed by atoms with Crippen LogP contribution in [0.15, 0.2) is 23.5 Å². The Kier molecular flexibility index (Phi) is 3.90. The van der Waals surface area contributed by atoms with E-state index < -0.39 is 5.54 Å². The lowest BCUT2D eigenvalue weighted by Gasteiger charge is -2.36. The van der Waals surface area contributed by atoms with E-state index in [9.17, 15) is 5.11 Å². The number of nitrogens with zero attached hydrogens (tertiary/aromatic N) is 3. The zero-order valence-corrected chi connectivity index (χ0v) is 10.3. The molecule has 0 fully saturated rings. The summed E-state index contributed by atoms with van der Waals surface area (Å²) in [4.78, 5) is 5.92. The van der Waals surface area contributed by atoms with Gasteiger partial charge in [-0.1, -0.05) is 5.16 Å². The molecule has 0 unspecified atom stereocenters. The Morgan fingerprint density at radius 3 is 2.76 bits per heavy atom. The maximum absolute atomic E-state index is 9.34. The largest absolute Gasteiger partial charge is 0.409 e. The molecule has 17 heavy (non-hydrogen) atoms. The van der Waals surface area contributed by atoms with Gasteiger partial charge in [-0.2, -0.15) is 0 Å². The van der Waals surface area contributed by atoms with Gasteiger partial charge in [0.1, 0.15) is 5.69 Å². The quantitative estimate of drug-likeness (QED) is 0.305. The predicted molar refractivity (Wildman–Crippen MR) is 66.3 cm³/mol. The number of aromatic nitrogens is 1. The molecule has 0 aliphatic carbocycles. The third-order valence-electron chi connectivity index (χ3n) is 2.79. The monoisotopic (exact) mass is 238 g/mol. The normalized spacial score (nSPS) is 12.6. The summed E-state index contributed by atoms with van der Waals surface area (Å²) >= 11 is 0. The molecule has 0 bridgehead atoms. The van der Waals surface area contributed by atoms with Crippen LogP contribution in [0.4, 0.5) is 5.69 Å². The van der Waals surface area contributed by atoms with Gasteiger partial charge < -0.3 is 20.9 Å². The summed E-state index contributed by atoms with van der Waals surface area (Å²) in [6.07, 6.45) is 1.57. The average molecular weight is 238 g/mol. The molecule has 0 aromatic carbocycles. The van der Waals surface area contributed by atoms with Crippen LogP contribution >= 0.6 is 0 Å². The van der Waals surface area contributed by atoms with Crippen molar-refractivity contribution in [3.63, 3.8) is 0 Å². The summed E-state index contributed by atoms with van der Waals surface area (Å²) in [5, 5.41) is 21.0. The first-order chi connectivity index (χ1) is 7.94. The number of anilines is 1. The van der Waals surface area contributed by atoms with Gasteiger partial charge in [0.05, 0.1) is 17.8 Å². The van der Waals surface area contributed by atoms with E-state index in [1.807, 2.05) is 25.8 Å². The number of pyridine rings is 1. The zero-order valence-electron chi connectivity index (χ0n) is 10.3. The highest BCUT2D eigenvalue weighted by Crippen LogP contribution is 2.24.